The van der Waals surface area contributed by atoms with E-state index >= 15 is 0 Å². The van der Waals surface area contributed by atoms with Gasteiger partial charge in [0.15, 0.2) is 5.78 Å². The first-order valence-electron chi connectivity index (χ1n) is 8.75. The summed E-state index contributed by atoms with van der Waals surface area (Å²) in [5.41, 5.74) is 0.820. The molecule has 7 heteroatoms. The maximum Gasteiger partial charge on any atom is 0.237 e. The molecule has 0 saturated carbocycles. The Labute approximate surface area is 158 Å². The molecule has 0 bridgehead atoms. The van der Waals surface area contributed by atoms with Crippen LogP contribution in [0.3, 0.4) is 0 Å². The van der Waals surface area contributed by atoms with Crippen LogP contribution < -0.4 is 4.74 Å². The van der Waals surface area contributed by atoms with E-state index in [0.29, 0.717) is 42.8 Å². The zero-order chi connectivity index (χ0) is 18.4. The Morgan fingerprint density at radius 3 is 2.92 bits per heavy atom. The summed E-state index contributed by atoms with van der Waals surface area (Å²) in [6, 6.07) is 7.22. The van der Waals surface area contributed by atoms with Crippen molar-refractivity contribution in [2.24, 2.45) is 0 Å². The molecular weight excluding hydrogens is 354 g/mol. The van der Waals surface area contributed by atoms with Crippen LogP contribution in [0.15, 0.2) is 36.7 Å². The van der Waals surface area contributed by atoms with Gasteiger partial charge in [-0.05, 0) is 18.6 Å². The molecule has 0 aliphatic carbocycles. The second kappa shape index (κ2) is 9.07. The molecule has 1 aliphatic rings. The molecule has 26 heavy (non-hydrogen) atoms. The van der Waals surface area contributed by atoms with Gasteiger partial charge in [0, 0.05) is 26.1 Å². The highest BCUT2D eigenvalue weighted by Crippen LogP contribution is 2.27. The molecule has 2 heterocycles. The molecule has 2 aromatic rings. The summed E-state index contributed by atoms with van der Waals surface area (Å²) in [7, 11) is 0. The lowest BCUT2D eigenvalue weighted by Gasteiger charge is -2.31. The van der Waals surface area contributed by atoms with E-state index in [1.807, 2.05) is 19.1 Å². The summed E-state index contributed by atoms with van der Waals surface area (Å²) in [5.74, 6) is 1.10. The van der Waals surface area contributed by atoms with E-state index in [1.165, 1.54) is 0 Å². The standard InChI is InChI=1S/C19H22ClN3O3/c1-2-5-16(24)18-13-23(8-9-25-18)12-14-10-22-19(11-21-14)26-17-7-4-3-6-15(17)20/h3-4,6-7,10-11,18H,2,5,8-9,12-13H2,1H3/t18-/m0/s1. The number of nitrogens with zero attached hydrogens (tertiary/aromatic N) is 3. The monoisotopic (exact) mass is 375 g/mol. The van der Waals surface area contributed by atoms with E-state index in [0.717, 1.165) is 18.7 Å². The van der Waals surface area contributed by atoms with E-state index in [2.05, 4.69) is 14.9 Å². The molecule has 0 N–H and O–H groups in total. The minimum absolute atomic E-state index is 0.173. The van der Waals surface area contributed by atoms with Gasteiger partial charge in [-0.1, -0.05) is 30.7 Å². The molecule has 0 unspecified atom stereocenters. The predicted molar refractivity (Wildman–Crippen MR) is 98.5 cm³/mol. The summed E-state index contributed by atoms with van der Waals surface area (Å²) < 4.78 is 11.2. The van der Waals surface area contributed by atoms with Crippen molar-refractivity contribution in [1.82, 2.24) is 14.9 Å². The Kier molecular flexibility index (Phi) is 6.55. The van der Waals surface area contributed by atoms with Gasteiger partial charge < -0.3 is 9.47 Å². The van der Waals surface area contributed by atoms with E-state index in [9.17, 15) is 4.79 Å². The number of Topliss-reactive ketones (excluding diaryl/α,β-unsaturated/α-hetero) is 1. The number of carbonyl (C=O) groups excluding carboxylic acids is 1. The maximum absolute atomic E-state index is 12.0. The third-order valence-electron chi connectivity index (χ3n) is 4.12. The van der Waals surface area contributed by atoms with Gasteiger partial charge >= 0.3 is 0 Å². The molecule has 1 aliphatic heterocycles. The SMILES string of the molecule is CCCC(=O)[C@@H]1CN(Cc2cnc(Oc3ccccc3Cl)cn2)CCO1. The van der Waals surface area contributed by atoms with Gasteiger partial charge in [0.25, 0.3) is 0 Å². The van der Waals surface area contributed by atoms with Crippen molar-refractivity contribution in [3.8, 4) is 11.6 Å². The number of ether oxygens (including phenoxy) is 2. The molecule has 0 amide bonds. The number of ketones is 1. The average molecular weight is 376 g/mol. The van der Waals surface area contributed by atoms with E-state index in [1.54, 1.807) is 24.5 Å². The molecule has 1 saturated heterocycles. The summed E-state index contributed by atoms with van der Waals surface area (Å²) in [6.07, 6.45) is 4.34. The second-order valence-electron chi connectivity index (χ2n) is 6.19. The van der Waals surface area contributed by atoms with Gasteiger partial charge in [0.05, 0.1) is 29.7 Å². The number of halogens is 1. The Morgan fingerprint density at radius 1 is 1.35 bits per heavy atom. The number of morpholine rings is 1. The summed E-state index contributed by atoms with van der Waals surface area (Å²) >= 11 is 6.08. The van der Waals surface area contributed by atoms with Gasteiger partial charge in [-0.2, -0.15) is 0 Å². The minimum atomic E-state index is -0.334. The molecule has 0 radical (unpaired) electrons. The van der Waals surface area contributed by atoms with Crippen LogP contribution in [-0.2, 0) is 16.1 Å². The van der Waals surface area contributed by atoms with Gasteiger partial charge in [-0.25, -0.2) is 4.98 Å². The largest absolute Gasteiger partial charge is 0.436 e. The summed E-state index contributed by atoms with van der Waals surface area (Å²) in [6.45, 7) is 4.55. The number of hydrogen-bond acceptors (Lipinski definition) is 6. The first-order valence-corrected chi connectivity index (χ1v) is 9.13. The molecule has 1 fully saturated rings. The van der Waals surface area contributed by atoms with Crippen molar-refractivity contribution in [2.45, 2.75) is 32.4 Å². The number of para-hydroxylation sites is 1. The van der Waals surface area contributed by atoms with E-state index < -0.39 is 0 Å². The van der Waals surface area contributed by atoms with Crippen LogP contribution in [0.4, 0.5) is 0 Å². The number of hydrogen-bond donors (Lipinski definition) is 0. The Hall–Kier alpha value is -2.02. The number of rotatable bonds is 7. The predicted octanol–water partition coefficient (Wildman–Crippen LogP) is 3.49. The lowest BCUT2D eigenvalue weighted by atomic mass is 10.1. The van der Waals surface area contributed by atoms with Crippen LogP contribution >= 0.6 is 11.6 Å². The van der Waals surface area contributed by atoms with Crippen LogP contribution in [0.2, 0.25) is 5.02 Å². The van der Waals surface area contributed by atoms with Crippen molar-refractivity contribution in [2.75, 3.05) is 19.7 Å². The normalized spacial score (nSPS) is 17.8. The molecule has 1 aromatic carbocycles. The fourth-order valence-electron chi connectivity index (χ4n) is 2.79. The van der Waals surface area contributed by atoms with Crippen molar-refractivity contribution in [3.05, 3.63) is 47.4 Å². The second-order valence-corrected chi connectivity index (χ2v) is 6.60. The molecule has 3 rings (SSSR count). The van der Waals surface area contributed by atoms with Gasteiger partial charge in [0.2, 0.25) is 5.88 Å². The summed E-state index contributed by atoms with van der Waals surface area (Å²) in [4.78, 5) is 22.9. The Bertz CT molecular complexity index is 739. The third-order valence-corrected chi connectivity index (χ3v) is 4.44. The fourth-order valence-corrected chi connectivity index (χ4v) is 2.97. The number of aromatic nitrogens is 2. The molecular formula is C19H22ClN3O3. The zero-order valence-electron chi connectivity index (χ0n) is 14.7. The molecule has 1 aromatic heterocycles. The maximum atomic E-state index is 12.0. The smallest absolute Gasteiger partial charge is 0.237 e. The van der Waals surface area contributed by atoms with E-state index in [-0.39, 0.29) is 11.9 Å². The highest BCUT2D eigenvalue weighted by Gasteiger charge is 2.26. The van der Waals surface area contributed by atoms with Crippen LogP contribution in [0.25, 0.3) is 0 Å². The first kappa shape index (κ1) is 18.8. The van der Waals surface area contributed by atoms with Crippen molar-refractivity contribution in [1.29, 1.82) is 0 Å². The third kappa shape index (κ3) is 5.00. The van der Waals surface area contributed by atoms with E-state index in [4.69, 9.17) is 21.1 Å². The molecule has 138 valence electrons. The van der Waals surface area contributed by atoms with Crippen LogP contribution in [0.5, 0.6) is 11.6 Å². The Morgan fingerprint density at radius 2 is 2.19 bits per heavy atom. The highest BCUT2D eigenvalue weighted by molar-refractivity contribution is 6.32. The van der Waals surface area contributed by atoms with Gasteiger partial charge in [0.1, 0.15) is 11.9 Å². The minimum Gasteiger partial charge on any atom is -0.436 e. The lowest BCUT2D eigenvalue weighted by molar-refractivity contribution is -0.136. The summed E-state index contributed by atoms with van der Waals surface area (Å²) in [5, 5.41) is 0.523. The highest BCUT2D eigenvalue weighted by atomic mass is 35.5. The lowest BCUT2D eigenvalue weighted by Crippen LogP contribution is -2.45. The van der Waals surface area contributed by atoms with Gasteiger partial charge in [-0.15, -0.1) is 0 Å². The Balaban J connectivity index is 1.57. The quantitative estimate of drug-likeness (QED) is 0.738. The van der Waals surface area contributed by atoms with Crippen LogP contribution in [-0.4, -0.2) is 46.5 Å². The molecule has 6 nitrogen and oxygen atoms in total. The topological polar surface area (TPSA) is 64.6 Å². The average Bonchev–Trinajstić information content (AvgIpc) is 2.66. The first-order chi connectivity index (χ1) is 12.7. The number of carbonyl (C=O) groups is 1. The fraction of sp³-hybridized carbons (Fsp3) is 0.421. The van der Waals surface area contributed by atoms with Crippen molar-refractivity contribution in [3.63, 3.8) is 0 Å². The van der Waals surface area contributed by atoms with Crippen molar-refractivity contribution >= 4 is 17.4 Å². The van der Waals surface area contributed by atoms with Crippen LogP contribution in [0.1, 0.15) is 25.5 Å². The molecule has 0 spiro atoms. The van der Waals surface area contributed by atoms with Crippen LogP contribution in [0, 0.1) is 0 Å². The molecule has 1 atom stereocenters. The zero-order valence-corrected chi connectivity index (χ0v) is 15.5. The van der Waals surface area contributed by atoms with Gasteiger partial charge in [-0.3, -0.25) is 14.7 Å². The van der Waals surface area contributed by atoms with Crippen molar-refractivity contribution < 1.29 is 14.3 Å². The number of benzene rings is 1.